The first-order valence-corrected chi connectivity index (χ1v) is 8.21. The Hall–Kier alpha value is -1.36. The predicted octanol–water partition coefficient (Wildman–Crippen LogP) is 2.15. The molecule has 0 unspecified atom stereocenters. The van der Waals surface area contributed by atoms with Crippen LogP contribution in [-0.4, -0.2) is 42.3 Å². The molecular weight excluding hydrogens is 264 g/mol. The highest BCUT2D eigenvalue weighted by atomic mass is 16.5. The molecular formula is C16H26N4O. The van der Waals surface area contributed by atoms with Gasteiger partial charge in [0.05, 0.1) is 6.61 Å². The molecule has 0 radical (unpaired) electrons. The normalized spacial score (nSPS) is 19.8. The van der Waals surface area contributed by atoms with Gasteiger partial charge in [0.25, 0.3) is 0 Å². The van der Waals surface area contributed by atoms with Crippen LogP contribution in [0.25, 0.3) is 0 Å². The lowest BCUT2D eigenvalue weighted by atomic mass is 9.97. The van der Waals surface area contributed by atoms with E-state index in [4.69, 9.17) is 4.74 Å². The van der Waals surface area contributed by atoms with Gasteiger partial charge in [0, 0.05) is 25.2 Å². The summed E-state index contributed by atoms with van der Waals surface area (Å²) in [6.07, 6.45) is 5.23. The van der Waals surface area contributed by atoms with E-state index in [1.165, 1.54) is 32.2 Å². The molecule has 0 aromatic carbocycles. The molecule has 1 aliphatic carbocycles. The fourth-order valence-corrected chi connectivity index (χ4v) is 2.90. The van der Waals surface area contributed by atoms with Gasteiger partial charge in [0.15, 0.2) is 0 Å². The molecule has 2 fully saturated rings. The number of rotatable bonds is 6. The first kappa shape index (κ1) is 14.6. The topological polar surface area (TPSA) is 50.3 Å². The molecule has 1 aromatic heterocycles. The molecule has 1 aliphatic heterocycles. The average Bonchev–Trinajstić information content (AvgIpc) is 3.30. The van der Waals surface area contributed by atoms with Crippen molar-refractivity contribution in [2.45, 2.75) is 45.6 Å². The standard InChI is InChI=1S/C16H26N4O/c1-3-21-16-10-15(18-12(2)19-16)20-8-6-13(7-9-20)11-17-14-4-5-14/h10,13-14,17H,3-9,11H2,1-2H3. The molecule has 0 atom stereocenters. The zero-order chi connectivity index (χ0) is 14.7. The Labute approximate surface area is 127 Å². The Bertz CT molecular complexity index is 467. The van der Waals surface area contributed by atoms with Crippen LogP contribution < -0.4 is 15.0 Å². The van der Waals surface area contributed by atoms with Gasteiger partial charge in [-0.25, -0.2) is 4.98 Å². The summed E-state index contributed by atoms with van der Waals surface area (Å²) in [5.41, 5.74) is 0. The highest BCUT2D eigenvalue weighted by Crippen LogP contribution is 2.25. The zero-order valence-corrected chi connectivity index (χ0v) is 13.1. The van der Waals surface area contributed by atoms with Crippen LogP contribution >= 0.6 is 0 Å². The molecule has 2 aliphatic rings. The van der Waals surface area contributed by atoms with Crippen molar-refractivity contribution in [1.29, 1.82) is 0 Å². The third kappa shape index (κ3) is 4.06. The summed E-state index contributed by atoms with van der Waals surface area (Å²) in [5.74, 6) is 3.31. The van der Waals surface area contributed by atoms with Gasteiger partial charge in [-0.15, -0.1) is 0 Å². The lowest BCUT2D eigenvalue weighted by Gasteiger charge is -2.33. The maximum atomic E-state index is 5.52. The van der Waals surface area contributed by atoms with Crippen LogP contribution in [0.2, 0.25) is 0 Å². The van der Waals surface area contributed by atoms with Crippen LogP contribution in [-0.2, 0) is 0 Å². The zero-order valence-electron chi connectivity index (χ0n) is 13.1. The van der Waals surface area contributed by atoms with E-state index >= 15 is 0 Å². The van der Waals surface area contributed by atoms with Gasteiger partial charge in [-0.2, -0.15) is 4.98 Å². The van der Waals surface area contributed by atoms with Crippen molar-refractivity contribution in [3.8, 4) is 5.88 Å². The van der Waals surface area contributed by atoms with Gasteiger partial charge in [-0.1, -0.05) is 0 Å². The van der Waals surface area contributed by atoms with Gasteiger partial charge >= 0.3 is 0 Å². The number of nitrogens with one attached hydrogen (secondary N) is 1. The summed E-state index contributed by atoms with van der Waals surface area (Å²) >= 11 is 0. The van der Waals surface area contributed by atoms with Crippen LogP contribution in [0.5, 0.6) is 5.88 Å². The van der Waals surface area contributed by atoms with Crippen LogP contribution in [0.4, 0.5) is 5.82 Å². The fraction of sp³-hybridized carbons (Fsp3) is 0.750. The van der Waals surface area contributed by atoms with Gasteiger partial charge in [-0.05, 0) is 52.0 Å². The molecule has 2 heterocycles. The second-order valence-corrected chi connectivity index (χ2v) is 6.16. The first-order chi connectivity index (χ1) is 10.2. The van der Waals surface area contributed by atoms with E-state index in [2.05, 4.69) is 20.2 Å². The molecule has 1 N–H and O–H groups in total. The van der Waals surface area contributed by atoms with E-state index in [0.29, 0.717) is 12.5 Å². The van der Waals surface area contributed by atoms with Crippen LogP contribution in [0, 0.1) is 12.8 Å². The van der Waals surface area contributed by atoms with E-state index in [1.807, 2.05) is 19.9 Å². The number of ether oxygens (including phenoxy) is 1. The Balaban J connectivity index is 1.55. The molecule has 3 rings (SSSR count). The van der Waals surface area contributed by atoms with E-state index < -0.39 is 0 Å². The maximum Gasteiger partial charge on any atom is 0.218 e. The lowest BCUT2D eigenvalue weighted by Crippen LogP contribution is -2.38. The van der Waals surface area contributed by atoms with E-state index in [1.54, 1.807) is 0 Å². The minimum absolute atomic E-state index is 0.644. The molecule has 21 heavy (non-hydrogen) atoms. The number of piperidine rings is 1. The van der Waals surface area contributed by atoms with Crippen LogP contribution in [0.1, 0.15) is 38.4 Å². The van der Waals surface area contributed by atoms with Crippen molar-refractivity contribution < 1.29 is 4.74 Å². The van der Waals surface area contributed by atoms with Gasteiger partial charge in [-0.3, -0.25) is 0 Å². The molecule has 0 amide bonds. The summed E-state index contributed by atoms with van der Waals surface area (Å²) in [6, 6.07) is 2.79. The highest BCUT2D eigenvalue weighted by molar-refractivity contribution is 5.42. The second kappa shape index (κ2) is 6.60. The van der Waals surface area contributed by atoms with Crippen molar-refractivity contribution in [3.63, 3.8) is 0 Å². The van der Waals surface area contributed by atoms with Crippen molar-refractivity contribution in [2.24, 2.45) is 5.92 Å². The molecule has 1 aromatic rings. The molecule has 0 bridgehead atoms. The van der Waals surface area contributed by atoms with E-state index in [-0.39, 0.29) is 0 Å². The Morgan fingerprint density at radius 3 is 2.67 bits per heavy atom. The summed E-state index contributed by atoms with van der Waals surface area (Å²) in [4.78, 5) is 11.3. The summed E-state index contributed by atoms with van der Waals surface area (Å²) < 4.78 is 5.52. The lowest BCUT2D eigenvalue weighted by molar-refractivity contribution is 0.325. The van der Waals surface area contributed by atoms with Crippen molar-refractivity contribution in [1.82, 2.24) is 15.3 Å². The summed E-state index contributed by atoms with van der Waals surface area (Å²) in [6.45, 7) is 7.90. The van der Waals surface area contributed by atoms with Crippen LogP contribution in [0.3, 0.4) is 0 Å². The molecule has 1 saturated carbocycles. The Kier molecular flexibility index (Phi) is 4.58. The number of aromatic nitrogens is 2. The van der Waals surface area contributed by atoms with Crippen LogP contribution in [0.15, 0.2) is 6.07 Å². The fourth-order valence-electron chi connectivity index (χ4n) is 2.90. The molecule has 116 valence electrons. The number of aryl methyl sites for hydroxylation is 1. The average molecular weight is 290 g/mol. The van der Waals surface area contributed by atoms with Gasteiger partial charge in [0.1, 0.15) is 11.6 Å². The van der Waals surface area contributed by atoms with E-state index in [9.17, 15) is 0 Å². The SMILES string of the molecule is CCOc1cc(N2CCC(CNC3CC3)CC2)nc(C)n1. The molecule has 1 saturated heterocycles. The third-order valence-corrected chi connectivity index (χ3v) is 4.30. The molecule has 0 spiro atoms. The molecule has 5 nitrogen and oxygen atoms in total. The maximum absolute atomic E-state index is 5.52. The Morgan fingerprint density at radius 1 is 1.24 bits per heavy atom. The summed E-state index contributed by atoms with van der Waals surface area (Å²) in [5, 5.41) is 3.65. The van der Waals surface area contributed by atoms with Crippen molar-refractivity contribution in [2.75, 3.05) is 31.1 Å². The van der Waals surface area contributed by atoms with Crippen molar-refractivity contribution >= 4 is 5.82 Å². The second-order valence-electron chi connectivity index (χ2n) is 6.16. The van der Waals surface area contributed by atoms with E-state index in [0.717, 1.165) is 36.7 Å². The summed E-state index contributed by atoms with van der Waals surface area (Å²) in [7, 11) is 0. The quantitative estimate of drug-likeness (QED) is 0.870. The van der Waals surface area contributed by atoms with Crippen molar-refractivity contribution in [3.05, 3.63) is 11.9 Å². The number of hydrogen-bond acceptors (Lipinski definition) is 5. The van der Waals surface area contributed by atoms with Gasteiger partial charge in [0.2, 0.25) is 5.88 Å². The largest absolute Gasteiger partial charge is 0.478 e. The minimum atomic E-state index is 0.644. The smallest absolute Gasteiger partial charge is 0.218 e. The molecule has 5 heteroatoms. The minimum Gasteiger partial charge on any atom is -0.478 e. The predicted molar refractivity (Wildman–Crippen MR) is 83.9 cm³/mol. The number of nitrogens with zero attached hydrogens (tertiary/aromatic N) is 3. The first-order valence-electron chi connectivity index (χ1n) is 8.21. The highest BCUT2D eigenvalue weighted by Gasteiger charge is 2.25. The Morgan fingerprint density at radius 2 is 2.00 bits per heavy atom. The number of anilines is 1. The third-order valence-electron chi connectivity index (χ3n) is 4.30. The monoisotopic (exact) mass is 290 g/mol. The van der Waals surface area contributed by atoms with Gasteiger partial charge < -0.3 is 15.0 Å². The number of hydrogen-bond donors (Lipinski definition) is 1.